The molecule has 2 aromatic carbocycles. The topological polar surface area (TPSA) is 84.9 Å². The Kier molecular flexibility index (Phi) is 5.85. The number of methoxy groups -OCH3 is 2. The molecule has 0 radical (unpaired) electrons. The Morgan fingerprint density at radius 1 is 1.21 bits per heavy atom. The van der Waals surface area contributed by atoms with Gasteiger partial charge in [-0.15, -0.1) is 0 Å². The summed E-state index contributed by atoms with van der Waals surface area (Å²) in [4.78, 5) is 13.9. The van der Waals surface area contributed by atoms with Crippen molar-refractivity contribution in [1.29, 1.82) is 0 Å². The smallest absolute Gasteiger partial charge is 0.263 e. The van der Waals surface area contributed by atoms with E-state index in [0.29, 0.717) is 41.0 Å². The van der Waals surface area contributed by atoms with Crippen LogP contribution in [0.25, 0.3) is 0 Å². The van der Waals surface area contributed by atoms with Crippen molar-refractivity contribution in [3.8, 4) is 11.5 Å². The van der Waals surface area contributed by atoms with E-state index in [-0.39, 0.29) is 16.5 Å². The minimum atomic E-state index is -3.93. The summed E-state index contributed by atoms with van der Waals surface area (Å²) in [7, 11) is -0.961. The maximum atomic E-state index is 13.1. The summed E-state index contributed by atoms with van der Waals surface area (Å²) in [6.45, 7) is 2.34. The zero-order chi connectivity index (χ0) is 20.5. The van der Waals surface area contributed by atoms with Crippen molar-refractivity contribution in [2.45, 2.75) is 24.7 Å². The highest BCUT2D eigenvalue weighted by atomic mass is 79.9. The highest BCUT2D eigenvalue weighted by Crippen LogP contribution is 2.37. The van der Waals surface area contributed by atoms with Crippen molar-refractivity contribution in [1.82, 2.24) is 0 Å². The molecular formula is C19H21BrN2O5S. The number of sulfonamides is 1. The van der Waals surface area contributed by atoms with E-state index >= 15 is 0 Å². The van der Waals surface area contributed by atoms with Crippen molar-refractivity contribution in [3.63, 3.8) is 0 Å². The van der Waals surface area contributed by atoms with E-state index in [1.54, 1.807) is 36.1 Å². The van der Waals surface area contributed by atoms with Gasteiger partial charge in [0.1, 0.15) is 16.4 Å². The van der Waals surface area contributed by atoms with Gasteiger partial charge >= 0.3 is 0 Å². The van der Waals surface area contributed by atoms with Gasteiger partial charge in [0, 0.05) is 29.2 Å². The highest BCUT2D eigenvalue weighted by molar-refractivity contribution is 9.10. The first-order chi connectivity index (χ1) is 13.3. The monoisotopic (exact) mass is 468 g/mol. The fourth-order valence-electron chi connectivity index (χ4n) is 3.13. The molecule has 1 aliphatic heterocycles. The van der Waals surface area contributed by atoms with Crippen LogP contribution in [0, 0.1) is 0 Å². The molecule has 150 valence electrons. The van der Waals surface area contributed by atoms with E-state index in [1.165, 1.54) is 20.3 Å². The van der Waals surface area contributed by atoms with Gasteiger partial charge in [0.05, 0.1) is 19.9 Å². The number of carbonyl (C=O) groups excluding carboxylic acids is 1. The van der Waals surface area contributed by atoms with Gasteiger partial charge in [-0.3, -0.25) is 9.52 Å². The van der Waals surface area contributed by atoms with Gasteiger partial charge in [-0.1, -0.05) is 6.92 Å². The molecule has 0 aliphatic carbocycles. The second kappa shape index (κ2) is 8.00. The number of carbonyl (C=O) groups is 1. The van der Waals surface area contributed by atoms with Gasteiger partial charge in [-0.05, 0) is 52.2 Å². The van der Waals surface area contributed by atoms with Crippen molar-refractivity contribution >= 4 is 43.2 Å². The first-order valence-electron chi connectivity index (χ1n) is 8.68. The SMILES string of the molecule is CCC(=O)N1CCc2cc(Br)c(S(=O)(=O)Nc3ccc(OC)cc3OC)cc21. The second-order valence-corrected chi connectivity index (χ2v) is 8.74. The molecule has 28 heavy (non-hydrogen) atoms. The lowest BCUT2D eigenvalue weighted by Gasteiger charge is -2.18. The first kappa shape index (κ1) is 20.5. The summed E-state index contributed by atoms with van der Waals surface area (Å²) in [5, 5.41) is 0. The zero-order valence-electron chi connectivity index (χ0n) is 15.8. The predicted octanol–water partition coefficient (Wildman–Crippen LogP) is 3.57. The van der Waals surface area contributed by atoms with Gasteiger partial charge in [-0.25, -0.2) is 8.42 Å². The number of benzene rings is 2. The Bertz CT molecular complexity index is 1020. The molecule has 7 nitrogen and oxygen atoms in total. The minimum absolute atomic E-state index is 0.0331. The van der Waals surface area contributed by atoms with Gasteiger partial charge < -0.3 is 14.4 Å². The summed E-state index contributed by atoms with van der Waals surface area (Å²) in [6, 6.07) is 8.11. The predicted molar refractivity (Wildman–Crippen MR) is 111 cm³/mol. The second-order valence-electron chi connectivity index (χ2n) is 6.23. The molecule has 0 atom stereocenters. The number of halogens is 1. The molecule has 0 saturated carbocycles. The third-order valence-corrected chi connectivity index (χ3v) is 6.90. The van der Waals surface area contributed by atoms with E-state index in [9.17, 15) is 13.2 Å². The molecule has 0 spiro atoms. The van der Waals surface area contributed by atoms with E-state index in [1.807, 2.05) is 0 Å². The largest absolute Gasteiger partial charge is 0.497 e. The van der Waals surface area contributed by atoms with Gasteiger partial charge in [0.2, 0.25) is 5.91 Å². The third kappa shape index (κ3) is 3.81. The number of fused-ring (bicyclic) bond motifs is 1. The molecule has 1 aliphatic rings. The molecule has 2 aromatic rings. The number of nitrogens with one attached hydrogen (secondary N) is 1. The maximum Gasteiger partial charge on any atom is 0.263 e. The van der Waals surface area contributed by atoms with Crippen LogP contribution in [-0.2, 0) is 21.2 Å². The summed E-state index contributed by atoms with van der Waals surface area (Å²) in [5.74, 6) is 0.851. The fourth-order valence-corrected chi connectivity index (χ4v) is 5.31. The van der Waals surface area contributed by atoms with Crippen LogP contribution in [0.3, 0.4) is 0 Å². The van der Waals surface area contributed by atoms with E-state index in [2.05, 4.69) is 20.7 Å². The Morgan fingerprint density at radius 2 is 1.96 bits per heavy atom. The third-order valence-electron chi connectivity index (χ3n) is 4.57. The number of amides is 1. The Morgan fingerprint density at radius 3 is 2.61 bits per heavy atom. The lowest BCUT2D eigenvalue weighted by atomic mass is 10.2. The van der Waals surface area contributed by atoms with Gasteiger partial charge in [0.15, 0.2) is 0 Å². The highest BCUT2D eigenvalue weighted by Gasteiger charge is 2.28. The minimum Gasteiger partial charge on any atom is -0.497 e. The fraction of sp³-hybridized carbons (Fsp3) is 0.316. The normalized spacial score (nSPS) is 13.2. The standard InChI is InChI=1S/C19H21BrN2O5S/c1-4-19(23)22-8-7-12-9-14(20)18(11-16(12)22)28(24,25)21-15-6-5-13(26-2)10-17(15)27-3/h5-6,9-11,21H,4,7-8H2,1-3H3. The van der Waals surface area contributed by atoms with Crippen LogP contribution in [0.15, 0.2) is 39.7 Å². The average molecular weight is 469 g/mol. The maximum absolute atomic E-state index is 13.1. The number of rotatable bonds is 6. The molecule has 3 rings (SSSR count). The van der Waals surface area contributed by atoms with Crippen LogP contribution < -0.4 is 19.1 Å². The van der Waals surface area contributed by atoms with Crippen molar-refractivity contribution in [3.05, 3.63) is 40.4 Å². The summed E-state index contributed by atoms with van der Waals surface area (Å²) < 4.78 is 39.5. The zero-order valence-corrected chi connectivity index (χ0v) is 18.2. The lowest BCUT2D eigenvalue weighted by molar-refractivity contribution is -0.118. The summed E-state index contributed by atoms with van der Waals surface area (Å²) in [5.41, 5.74) is 1.86. The average Bonchev–Trinajstić information content (AvgIpc) is 3.09. The molecule has 0 fully saturated rings. The molecule has 0 saturated heterocycles. The lowest BCUT2D eigenvalue weighted by Crippen LogP contribution is -2.28. The Hall–Kier alpha value is -2.26. The molecule has 1 heterocycles. The molecular weight excluding hydrogens is 448 g/mol. The van der Waals surface area contributed by atoms with Gasteiger partial charge in [0.25, 0.3) is 10.0 Å². The Balaban J connectivity index is 2.00. The number of hydrogen-bond acceptors (Lipinski definition) is 5. The molecule has 0 unspecified atom stereocenters. The van der Waals surface area contributed by atoms with Gasteiger partial charge in [-0.2, -0.15) is 0 Å². The molecule has 0 bridgehead atoms. The van der Waals surface area contributed by atoms with E-state index in [0.717, 1.165) is 5.56 Å². The number of hydrogen-bond donors (Lipinski definition) is 1. The molecule has 0 aromatic heterocycles. The number of anilines is 2. The molecule has 1 amide bonds. The van der Waals surface area contributed by atoms with Crippen LogP contribution in [-0.4, -0.2) is 35.1 Å². The number of ether oxygens (including phenoxy) is 2. The summed E-state index contributed by atoms with van der Waals surface area (Å²) in [6.07, 6.45) is 1.05. The van der Waals surface area contributed by atoms with Crippen molar-refractivity contribution in [2.24, 2.45) is 0 Å². The van der Waals surface area contributed by atoms with Crippen LogP contribution in [0.2, 0.25) is 0 Å². The van der Waals surface area contributed by atoms with Crippen molar-refractivity contribution in [2.75, 3.05) is 30.4 Å². The van der Waals surface area contributed by atoms with E-state index in [4.69, 9.17) is 9.47 Å². The van der Waals surface area contributed by atoms with Crippen LogP contribution in [0.4, 0.5) is 11.4 Å². The van der Waals surface area contributed by atoms with Crippen molar-refractivity contribution < 1.29 is 22.7 Å². The summed E-state index contributed by atoms with van der Waals surface area (Å²) >= 11 is 3.36. The van der Waals surface area contributed by atoms with Crippen LogP contribution in [0.1, 0.15) is 18.9 Å². The Labute approximate surface area is 172 Å². The number of nitrogens with zero attached hydrogens (tertiary/aromatic N) is 1. The quantitative estimate of drug-likeness (QED) is 0.700. The molecule has 9 heteroatoms. The van der Waals surface area contributed by atoms with Crippen LogP contribution >= 0.6 is 15.9 Å². The first-order valence-corrected chi connectivity index (χ1v) is 11.0. The molecule has 1 N–H and O–H groups in total. The van der Waals surface area contributed by atoms with Crippen LogP contribution in [0.5, 0.6) is 11.5 Å². The van der Waals surface area contributed by atoms with E-state index < -0.39 is 10.0 Å².